The van der Waals surface area contributed by atoms with Gasteiger partial charge in [-0.2, -0.15) is 8.42 Å². The lowest BCUT2D eigenvalue weighted by molar-refractivity contribution is 0.262. The van der Waals surface area contributed by atoms with Crippen molar-refractivity contribution < 1.29 is 22.5 Å². The molecule has 0 radical (unpaired) electrons. The minimum atomic E-state index is -4.01. The second-order valence-electron chi connectivity index (χ2n) is 6.51. The number of anilines is 2. The molecular formula is C21H20N2O5S. The summed E-state index contributed by atoms with van der Waals surface area (Å²) < 4.78 is 30.4. The lowest BCUT2D eigenvalue weighted by Crippen LogP contribution is -2.19. The maximum Gasteiger partial charge on any atom is 0.339 e. The van der Waals surface area contributed by atoms with E-state index in [9.17, 15) is 18.3 Å². The Morgan fingerprint density at radius 3 is 2.14 bits per heavy atom. The first kappa shape index (κ1) is 20.2. The standard InChI is InChI=1S/C21H20N2O5S/c1-14-10-15(2)12-20(11-14)29(26,27)28-19-5-3-4-17(13-19)23-21(25)22-16-6-8-18(24)9-7-16/h3-13,24H,1-2H3,(H2,22,23,25). The molecule has 0 aromatic heterocycles. The van der Waals surface area contributed by atoms with Crippen molar-refractivity contribution in [3.05, 3.63) is 77.9 Å². The summed E-state index contributed by atoms with van der Waals surface area (Å²) in [7, 11) is -4.01. The van der Waals surface area contributed by atoms with Gasteiger partial charge in [0.1, 0.15) is 16.4 Å². The van der Waals surface area contributed by atoms with Crippen LogP contribution in [-0.2, 0) is 10.1 Å². The maximum absolute atomic E-state index is 12.6. The molecule has 3 aromatic carbocycles. The lowest BCUT2D eigenvalue weighted by atomic mass is 10.2. The summed E-state index contributed by atoms with van der Waals surface area (Å²) in [5.41, 5.74) is 2.47. The van der Waals surface area contributed by atoms with Gasteiger partial charge in [0.15, 0.2) is 0 Å². The molecule has 29 heavy (non-hydrogen) atoms. The molecule has 3 rings (SSSR count). The zero-order valence-corrected chi connectivity index (χ0v) is 16.7. The average molecular weight is 412 g/mol. The van der Waals surface area contributed by atoms with Crippen LogP contribution in [0.1, 0.15) is 11.1 Å². The SMILES string of the molecule is Cc1cc(C)cc(S(=O)(=O)Oc2cccc(NC(=O)Nc3ccc(O)cc3)c2)c1. The van der Waals surface area contributed by atoms with Crippen molar-refractivity contribution in [3.8, 4) is 11.5 Å². The number of phenolic OH excluding ortho intramolecular Hbond substituents is 1. The maximum atomic E-state index is 12.6. The van der Waals surface area contributed by atoms with Crippen LogP contribution in [0.5, 0.6) is 11.5 Å². The third-order valence-electron chi connectivity index (χ3n) is 3.91. The monoisotopic (exact) mass is 412 g/mol. The van der Waals surface area contributed by atoms with E-state index in [4.69, 9.17) is 4.18 Å². The van der Waals surface area contributed by atoms with Gasteiger partial charge in [-0.25, -0.2) is 4.79 Å². The predicted molar refractivity (Wildman–Crippen MR) is 111 cm³/mol. The summed E-state index contributed by atoms with van der Waals surface area (Å²) in [4.78, 5) is 12.2. The smallest absolute Gasteiger partial charge is 0.339 e. The van der Waals surface area contributed by atoms with Crippen LogP contribution in [0.4, 0.5) is 16.2 Å². The molecule has 8 heteroatoms. The van der Waals surface area contributed by atoms with Gasteiger partial charge in [-0.1, -0.05) is 12.1 Å². The van der Waals surface area contributed by atoms with E-state index < -0.39 is 16.1 Å². The van der Waals surface area contributed by atoms with E-state index in [-0.39, 0.29) is 16.4 Å². The van der Waals surface area contributed by atoms with Gasteiger partial charge in [0.2, 0.25) is 0 Å². The van der Waals surface area contributed by atoms with Crippen LogP contribution in [-0.4, -0.2) is 19.6 Å². The summed E-state index contributed by atoms with van der Waals surface area (Å²) in [5.74, 6) is 0.164. The second-order valence-corrected chi connectivity index (χ2v) is 8.06. The van der Waals surface area contributed by atoms with Gasteiger partial charge < -0.3 is 19.9 Å². The van der Waals surface area contributed by atoms with E-state index in [1.54, 1.807) is 24.3 Å². The van der Waals surface area contributed by atoms with Gasteiger partial charge in [-0.3, -0.25) is 0 Å². The number of phenols is 1. The molecule has 0 heterocycles. The number of aromatic hydroxyl groups is 1. The van der Waals surface area contributed by atoms with Gasteiger partial charge in [0, 0.05) is 17.4 Å². The molecule has 0 aliphatic rings. The zero-order valence-electron chi connectivity index (χ0n) is 15.8. The average Bonchev–Trinajstić information content (AvgIpc) is 2.63. The van der Waals surface area contributed by atoms with Gasteiger partial charge >= 0.3 is 16.1 Å². The largest absolute Gasteiger partial charge is 0.508 e. The number of aryl methyl sites for hydroxylation is 2. The zero-order chi connectivity index (χ0) is 21.0. The molecule has 0 saturated heterocycles. The Morgan fingerprint density at radius 1 is 0.862 bits per heavy atom. The fraction of sp³-hybridized carbons (Fsp3) is 0.0952. The third-order valence-corrected chi connectivity index (χ3v) is 5.13. The highest BCUT2D eigenvalue weighted by atomic mass is 32.2. The Labute approximate surface area is 169 Å². The van der Waals surface area contributed by atoms with Crippen LogP contribution in [0.25, 0.3) is 0 Å². The number of carbonyl (C=O) groups is 1. The Bertz CT molecular complexity index is 1120. The highest BCUT2D eigenvalue weighted by molar-refractivity contribution is 7.87. The summed E-state index contributed by atoms with van der Waals surface area (Å²) in [5, 5.41) is 14.5. The normalized spacial score (nSPS) is 11.0. The molecule has 0 unspecified atom stereocenters. The molecule has 0 aliphatic heterocycles. The van der Waals surface area contributed by atoms with E-state index in [1.807, 2.05) is 19.9 Å². The highest BCUT2D eigenvalue weighted by Crippen LogP contribution is 2.23. The van der Waals surface area contributed by atoms with Crippen molar-refractivity contribution in [2.75, 3.05) is 10.6 Å². The fourth-order valence-corrected chi connectivity index (χ4v) is 3.83. The molecule has 2 amide bonds. The van der Waals surface area contributed by atoms with Gasteiger partial charge in [0.05, 0.1) is 0 Å². The minimum absolute atomic E-state index is 0.0680. The van der Waals surface area contributed by atoms with E-state index in [0.717, 1.165) is 11.1 Å². The Hall–Kier alpha value is -3.52. The van der Waals surface area contributed by atoms with Crippen LogP contribution in [0.2, 0.25) is 0 Å². The summed E-state index contributed by atoms with van der Waals surface area (Å²) in [6, 6.07) is 16.5. The Morgan fingerprint density at radius 2 is 1.48 bits per heavy atom. The third kappa shape index (κ3) is 5.49. The molecule has 0 saturated carbocycles. The molecule has 3 aromatic rings. The van der Waals surface area contributed by atoms with E-state index in [1.165, 1.54) is 36.4 Å². The number of nitrogens with one attached hydrogen (secondary N) is 2. The second kappa shape index (κ2) is 8.24. The molecule has 3 N–H and O–H groups in total. The molecule has 0 atom stereocenters. The summed E-state index contributed by atoms with van der Waals surface area (Å²) in [6.07, 6.45) is 0. The van der Waals surface area contributed by atoms with Gasteiger partial charge in [-0.15, -0.1) is 0 Å². The number of carbonyl (C=O) groups excluding carboxylic acids is 1. The topological polar surface area (TPSA) is 105 Å². The number of hydrogen-bond donors (Lipinski definition) is 3. The minimum Gasteiger partial charge on any atom is -0.508 e. The van der Waals surface area contributed by atoms with Crippen LogP contribution >= 0.6 is 0 Å². The van der Waals surface area contributed by atoms with E-state index >= 15 is 0 Å². The number of rotatable bonds is 5. The Balaban J connectivity index is 1.71. The van der Waals surface area contributed by atoms with Crippen molar-refractivity contribution in [1.82, 2.24) is 0 Å². The molecule has 0 aliphatic carbocycles. The summed E-state index contributed by atoms with van der Waals surface area (Å²) >= 11 is 0. The molecule has 7 nitrogen and oxygen atoms in total. The first-order valence-electron chi connectivity index (χ1n) is 8.71. The molecule has 0 bridgehead atoms. The fourth-order valence-electron chi connectivity index (χ4n) is 2.72. The number of amides is 2. The lowest BCUT2D eigenvalue weighted by Gasteiger charge is -2.11. The number of benzene rings is 3. The van der Waals surface area contributed by atoms with Crippen molar-refractivity contribution in [3.63, 3.8) is 0 Å². The highest BCUT2D eigenvalue weighted by Gasteiger charge is 2.18. The first-order chi connectivity index (χ1) is 13.7. The van der Waals surface area contributed by atoms with Crippen LogP contribution in [0.3, 0.4) is 0 Å². The van der Waals surface area contributed by atoms with E-state index in [2.05, 4.69) is 10.6 Å². The quantitative estimate of drug-likeness (QED) is 0.425. The van der Waals surface area contributed by atoms with E-state index in [0.29, 0.717) is 11.4 Å². The van der Waals surface area contributed by atoms with Gasteiger partial charge in [0.25, 0.3) is 0 Å². The van der Waals surface area contributed by atoms with Crippen molar-refractivity contribution >= 4 is 27.5 Å². The van der Waals surface area contributed by atoms with Crippen molar-refractivity contribution in [1.29, 1.82) is 0 Å². The number of urea groups is 1. The van der Waals surface area contributed by atoms with Crippen LogP contribution < -0.4 is 14.8 Å². The number of hydrogen-bond acceptors (Lipinski definition) is 5. The predicted octanol–water partition coefficient (Wildman–Crippen LogP) is 4.42. The first-order valence-corrected chi connectivity index (χ1v) is 10.1. The molecule has 150 valence electrons. The van der Waals surface area contributed by atoms with Crippen LogP contribution in [0, 0.1) is 13.8 Å². The van der Waals surface area contributed by atoms with Gasteiger partial charge in [-0.05, 0) is 73.5 Å². The van der Waals surface area contributed by atoms with Crippen LogP contribution in [0.15, 0.2) is 71.6 Å². The molecule has 0 spiro atoms. The molecular weight excluding hydrogens is 392 g/mol. The summed E-state index contributed by atoms with van der Waals surface area (Å²) in [6.45, 7) is 3.62. The Kier molecular flexibility index (Phi) is 5.74. The van der Waals surface area contributed by atoms with Crippen molar-refractivity contribution in [2.24, 2.45) is 0 Å². The van der Waals surface area contributed by atoms with Crippen molar-refractivity contribution in [2.45, 2.75) is 18.7 Å². The molecule has 0 fully saturated rings.